The predicted octanol–water partition coefficient (Wildman–Crippen LogP) is 3.52. The average Bonchev–Trinajstić information content (AvgIpc) is 2.73. The molecule has 2 N–H and O–H groups in total. The molecule has 0 saturated heterocycles. The molecule has 0 radical (unpaired) electrons. The number of nitrogens with zero attached hydrogens (tertiary/aromatic N) is 2. The number of nitrogens with one attached hydrogen (secondary N) is 2. The van der Waals surface area contributed by atoms with Gasteiger partial charge in [0.2, 0.25) is 0 Å². The van der Waals surface area contributed by atoms with Gasteiger partial charge in [0, 0.05) is 19.0 Å². The van der Waals surface area contributed by atoms with E-state index in [0.29, 0.717) is 16.3 Å². The van der Waals surface area contributed by atoms with Crippen LogP contribution < -0.4 is 10.6 Å². The zero-order valence-corrected chi connectivity index (χ0v) is 15.8. The molecule has 142 valence electrons. The van der Waals surface area contributed by atoms with E-state index in [9.17, 15) is 14.0 Å². The van der Waals surface area contributed by atoms with Crippen molar-refractivity contribution in [2.24, 2.45) is 0 Å². The molecule has 2 amide bonds. The SMILES string of the molecule is CNC(=O)c1cccc(NC(=O)c2cccnc2SCc2ccc(F)cc2)n1. The second-order valence-electron chi connectivity index (χ2n) is 5.71. The topological polar surface area (TPSA) is 84.0 Å². The monoisotopic (exact) mass is 396 g/mol. The first-order chi connectivity index (χ1) is 13.6. The number of anilines is 1. The van der Waals surface area contributed by atoms with Crippen LogP contribution in [0.2, 0.25) is 0 Å². The van der Waals surface area contributed by atoms with Gasteiger partial charge in [-0.2, -0.15) is 0 Å². The van der Waals surface area contributed by atoms with E-state index in [1.165, 1.54) is 30.9 Å². The normalized spacial score (nSPS) is 10.4. The molecule has 2 heterocycles. The standard InChI is InChI=1S/C20H17FN4O2S/c1-22-19(27)16-5-2-6-17(24-16)25-18(26)15-4-3-11-23-20(15)28-12-13-7-9-14(21)10-8-13/h2-11H,12H2,1H3,(H,22,27)(H,24,25,26). The average molecular weight is 396 g/mol. The summed E-state index contributed by atoms with van der Waals surface area (Å²) in [5.74, 6) is -0.200. The van der Waals surface area contributed by atoms with Crippen LogP contribution in [0.3, 0.4) is 0 Å². The van der Waals surface area contributed by atoms with E-state index in [2.05, 4.69) is 20.6 Å². The Morgan fingerprint density at radius 3 is 2.57 bits per heavy atom. The van der Waals surface area contributed by atoms with E-state index >= 15 is 0 Å². The van der Waals surface area contributed by atoms with Gasteiger partial charge < -0.3 is 10.6 Å². The third-order valence-corrected chi connectivity index (χ3v) is 4.83. The lowest BCUT2D eigenvalue weighted by atomic mass is 10.2. The van der Waals surface area contributed by atoms with Gasteiger partial charge in [-0.1, -0.05) is 18.2 Å². The number of carbonyl (C=O) groups is 2. The lowest BCUT2D eigenvalue weighted by Gasteiger charge is -2.09. The van der Waals surface area contributed by atoms with Gasteiger partial charge in [-0.25, -0.2) is 14.4 Å². The molecule has 6 nitrogen and oxygen atoms in total. The van der Waals surface area contributed by atoms with E-state index in [1.807, 2.05) is 0 Å². The molecule has 0 atom stereocenters. The van der Waals surface area contributed by atoms with Crippen molar-refractivity contribution < 1.29 is 14.0 Å². The van der Waals surface area contributed by atoms with E-state index in [-0.39, 0.29) is 29.1 Å². The van der Waals surface area contributed by atoms with Crippen LogP contribution in [0, 0.1) is 5.82 Å². The minimum Gasteiger partial charge on any atom is -0.354 e. The summed E-state index contributed by atoms with van der Waals surface area (Å²) < 4.78 is 13.0. The van der Waals surface area contributed by atoms with Crippen molar-refractivity contribution in [3.63, 3.8) is 0 Å². The molecule has 2 aromatic heterocycles. The molecule has 28 heavy (non-hydrogen) atoms. The van der Waals surface area contributed by atoms with Gasteiger partial charge in [0.05, 0.1) is 5.56 Å². The van der Waals surface area contributed by atoms with Crippen LogP contribution >= 0.6 is 11.8 Å². The summed E-state index contributed by atoms with van der Waals surface area (Å²) in [5.41, 5.74) is 1.52. The number of pyridine rings is 2. The summed E-state index contributed by atoms with van der Waals surface area (Å²) in [4.78, 5) is 32.8. The molecule has 1 aromatic carbocycles. The van der Waals surface area contributed by atoms with Gasteiger partial charge in [-0.3, -0.25) is 9.59 Å². The number of benzene rings is 1. The van der Waals surface area contributed by atoms with Crippen molar-refractivity contribution >= 4 is 29.4 Å². The molecule has 0 aliphatic rings. The first-order valence-corrected chi connectivity index (χ1v) is 9.38. The van der Waals surface area contributed by atoms with Crippen molar-refractivity contribution in [2.75, 3.05) is 12.4 Å². The van der Waals surface area contributed by atoms with E-state index in [0.717, 1.165) is 5.56 Å². The molecule has 0 spiro atoms. The number of hydrogen-bond acceptors (Lipinski definition) is 5. The highest BCUT2D eigenvalue weighted by Crippen LogP contribution is 2.25. The molecule has 0 fully saturated rings. The Kier molecular flexibility index (Phi) is 6.33. The van der Waals surface area contributed by atoms with E-state index in [4.69, 9.17) is 0 Å². The first-order valence-electron chi connectivity index (χ1n) is 8.39. The summed E-state index contributed by atoms with van der Waals surface area (Å²) in [6, 6.07) is 14.3. The van der Waals surface area contributed by atoms with Crippen molar-refractivity contribution in [1.29, 1.82) is 0 Å². The summed E-state index contributed by atoms with van der Waals surface area (Å²) in [7, 11) is 1.51. The summed E-state index contributed by atoms with van der Waals surface area (Å²) in [6.07, 6.45) is 1.61. The molecule has 0 unspecified atom stereocenters. The zero-order valence-electron chi connectivity index (χ0n) is 15.0. The first kappa shape index (κ1) is 19.5. The minimum atomic E-state index is -0.378. The third-order valence-electron chi connectivity index (χ3n) is 3.75. The van der Waals surface area contributed by atoms with Gasteiger partial charge in [0.25, 0.3) is 11.8 Å². The predicted molar refractivity (Wildman–Crippen MR) is 106 cm³/mol. The molecule has 0 bridgehead atoms. The van der Waals surface area contributed by atoms with Crippen LogP contribution in [0.25, 0.3) is 0 Å². The maximum atomic E-state index is 13.0. The molecule has 8 heteroatoms. The largest absolute Gasteiger partial charge is 0.354 e. The van der Waals surface area contributed by atoms with Crippen LogP contribution in [0.15, 0.2) is 65.8 Å². The number of aromatic nitrogens is 2. The zero-order chi connectivity index (χ0) is 19.9. The number of halogens is 1. The fourth-order valence-corrected chi connectivity index (χ4v) is 3.30. The molecule has 0 aliphatic carbocycles. The highest BCUT2D eigenvalue weighted by Gasteiger charge is 2.14. The van der Waals surface area contributed by atoms with Crippen LogP contribution in [-0.4, -0.2) is 28.8 Å². The maximum absolute atomic E-state index is 13.0. The molecule has 0 saturated carbocycles. The molecule has 0 aliphatic heterocycles. The summed E-state index contributed by atoms with van der Waals surface area (Å²) in [5, 5.41) is 5.73. The second kappa shape index (κ2) is 9.09. The Morgan fingerprint density at radius 2 is 1.82 bits per heavy atom. The Morgan fingerprint density at radius 1 is 1.04 bits per heavy atom. The van der Waals surface area contributed by atoms with Crippen molar-refractivity contribution in [3.8, 4) is 0 Å². The van der Waals surface area contributed by atoms with Crippen LogP contribution in [0.4, 0.5) is 10.2 Å². The van der Waals surface area contributed by atoms with Gasteiger partial charge in [-0.05, 0) is 42.0 Å². The number of hydrogen-bond donors (Lipinski definition) is 2. The lowest BCUT2D eigenvalue weighted by molar-refractivity contribution is 0.0956. The molecule has 3 aromatic rings. The molecule has 3 rings (SSSR count). The second-order valence-corrected chi connectivity index (χ2v) is 6.68. The summed E-state index contributed by atoms with van der Waals surface area (Å²) in [6.45, 7) is 0. The van der Waals surface area contributed by atoms with Gasteiger partial charge in [-0.15, -0.1) is 11.8 Å². The minimum absolute atomic E-state index is 0.206. The number of carbonyl (C=O) groups excluding carboxylic acids is 2. The van der Waals surface area contributed by atoms with Crippen molar-refractivity contribution in [3.05, 3.63) is 83.4 Å². The Balaban J connectivity index is 1.73. The van der Waals surface area contributed by atoms with E-state index < -0.39 is 0 Å². The number of rotatable bonds is 6. The van der Waals surface area contributed by atoms with Crippen molar-refractivity contribution in [1.82, 2.24) is 15.3 Å². The Bertz CT molecular complexity index is 996. The van der Waals surface area contributed by atoms with Gasteiger partial charge in [0.15, 0.2) is 0 Å². The highest BCUT2D eigenvalue weighted by molar-refractivity contribution is 7.98. The molecular weight excluding hydrogens is 379 g/mol. The fourth-order valence-electron chi connectivity index (χ4n) is 2.35. The Hall–Kier alpha value is -3.26. The maximum Gasteiger partial charge on any atom is 0.269 e. The van der Waals surface area contributed by atoms with Crippen LogP contribution in [-0.2, 0) is 5.75 Å². The summed E-state index contributed by atoms with van der Waals surface area (Å²) >= 11 is 1.38. The van der Waals surface area contributed by atoms with Gasteiger partial charge in [0.1, 0.15) is 22.4 Å². The highest BCUT2D eigenvalue weighted by atomic mass is 32.2. The quantitative estimate of drug-likeness (QED) is 0.623. The van der Waals surface area contributed by atoms with Gasteiger partial charge >= 0.3 is 0 Å². The van der Waals surface area contributed by atoms with E-state index in [1.54, 1.807) is 48.7 Å². The lowest BCUT2D eigenvalue weighted by Crippen LogP contribution is -2.20. The fraction of sp³-hybridized carbons (Fsp3) is 0.100. The number of thioether (sulfide) groups is 1. The molecular formula is C20H17FN4O2S. The number of amides is 2. The smallest absolute Gasteiger partial charge is 0.269 e. The van der Waals surface area contributed by atoms with Crippen LogP contribution in [0.5, 0.6) is 0 Å². The third kappa shape index (κ3) is 4.92. The van der Waals surface area contributed by atoms with Crippen molar-refractivity contribution in [2.45, 2.75) is 10.8 Å². The van der Waals surface area contributed by atoms with Crippen LogP contribution in [0.1, 0.15) is 26.4 Å². The Labute approximate surface area is 165 Å².